The van der Waals surface area contributed by atoms with E-state index in [-0.39, 0.29) is 0 Å². The van der Waals surface area contributed by atoms with E-state index in [1.807, 2.05) is 0 Å². The number of nitrogens with one attached hydrogen (secondary N) is 1. The summed E-state index contributed by atoms with van der Waals surface area (Å²) in [6, 6.07) is 12.6. The van der Waals surface area contributed by atoms with Crippen LogP contribution < -0.4 is 11.1 Å². The molecule has 1 aromatic carbocycles. The van der Waals surface area contributed by atoms with Gasteiger partial charge >= 0.3 is 0 Å². The van der Waals surface area contributed by atoms with Crippen LogP contribution in [0.5, 0.6) is 0 Å². The molecule has 0 radical (unpaired) electrons. The number of nitrogens with zero attached hydrogens (tertiary/aromatic N) is 1. The molecule has 2 fully saturated rings. The second kappa shape index (κ2) is 5.39. The van der Waals surface area contributed by atoms with Crippen molar-refractivity contribution in [2.75, 3.05) is 13.1 Å². The van der Waals surface area contributed by atoms with E-state index in [0.717, 1.165) is 19.4 Å². The first-order valence-electron chi connectivity index (χ1n) is 7.07. The van der Waals surface area contributed by atoms with Crippen LogP contribution in [0.15, 0.2) is 30.3 Å². The maximum atomic E-state index is 5.82. The van der Waals surface area contributed by atoms with E-state index >= 15 is 0 Å². The molecule has 0 spiro atoms. The molecule has 2 aliphatic rings. The molecule has 3 N–H and O–H groups in total. The Morgan fingerprint density at radius 1 is 1.17 bits per heavy atom. The van der Waals surface area contributed by atoms with Crippen molar-refractivity contribution in [1.29, 1.82) is 0 Å². The maximum Gasteiger partial charge on any atom is 0.0234 e. The third-order valence-corrected chi connectivity index (χ3v) is 4.17. The van der Waals surface area contributed by atoms with Crippen molar-refractivity contribution in [2.45, 2.75) is 43.9 Å². The van der Waals surface area contributed by atoms with Crippen molar-refractivity contribution < 1.29 is 0 Å². The monoisotopic (exact) mass is 245 g/mol. The van der Waals surface area contributed by atoms with Crippen LogP contribution >= 0.6 is 0 Å². The van der Waals surface area contributed by atoms with Crippen LogP contribution in [-0.4, -0.2) is 36.1 Å². The molecule has 1 saturated carbocycles. The van der Waals surface area contributed by atoms with E-state index < -0.39 is 0 Å². The van der Waals surface area contributed by atoms with Gasteiger partial charge in [0.25, 0.3) is 0 Å². The van der Waals surface area contributed by atoms with Gasteiger partial charge in [-0.2, -0.15) is 0 Å². The van der Waals surface area contributed by atoms with Gasteiger partial charge in [0, 0.05) is 37.8 Å². The molecule has 1 atom stereocenters. The van der Waals surface area contributed by atoms with Crippen LogP contribution in [0.3, 0.4) is 0 Å². The average molecular weight is 245 g/mol. The third kappa shape index (κ3) is 2.91. The number of hydrogen-bond donors (Lipinski definition) is 2. The zero-order chi connectivity index (χ0) is 12.4. The SMILES string of the molecule is NC1CC(NC2CCN(Cc3ccccc3)C2)C1. The lowest BCUT2D eigenvalue weighted by Gasteiger charge is -2.35. The Morgan fingerprint density at radius 3 is 2.67 bits per heavy atom. The fourth-order valence-corrected chi connectivity index (χ4v) is 3.09. The Labute approximate surface area is 109 Å². The topological polar surface area (TPSA) is 41.3 Å². The van der Waals surface area contributed by atoms with Crippen LogP contribution in [0.1, 0.15) is 24.8 Å². The summed E-state index contributed by atoms with van der Waals surface area (Å²) in [5.74, 6) is 0. The van der Waals surface area contributed by atoms with Crippen molar-refractivity contribution in [1.82, 2.24) is 10.2 Å². The van der Waals surface area contributed by atoms with Gasteiger partial charge in [-0.25, -0.2) is 0 Å². The zero-order valence-electron chi connectivity index (χ0n) is 10.9. The molecule has 3 nitrogen and oxygen atoms in total. The lowest BCUT2D eigenvalue weighted by molar-refractivity contribution is 0.256. The molecule has 18 heavy (non-hydrogen) atoms. The first-order chi connectivity index (χ1) is 8.79. The van der Waals surface area contributed by atoms with Crippen molar-refractivity contribution in [3.8, 4) is 0 Å². The number of nitrogens with two attached hydrogens (primary N) is 1. The van der Waals surface area contributed by atoms with Crippen LogP contribution in [0.4, 0.5) is 0 Å². The molecule has 1 aliphatic carbocycles. The standard InChI is InChI=1S/C15H23N3/c16-13-8-15(9-13)17-14-6-7-18(11-14)10-12-4-2-1-3-5-12/h1-5,13-15,17H,6-11,16H2. The predicted octanol–water partition coefficient (Wildman–Crippen LogP) is 1.34. The van der Waals surface area contributed by atoms with Crippen LogP contribution in [0.2, 0.25) is 0 Å². The molecular weight excluding hydrogens is 222 g/mol. The molecule has 0 amide bonds. The molecule has 98 valence electrons. The Kier molecular flexibility index (Phi) is 3.64. The lowest BCUT2D eigenvalue weighted by Crippen LogP contribution is -2.52. The van der Waals surface area contributed by atoms with E-state index in [4.69, 9.17) is 5.73 Å². The highest BCUT2D eigenvalue weighted by atomic mass is 15.2. The minimum Gasteiger partial charge on any atom is -0.328 e. The summed E-state index contributed by atoms with van der Waals surface area (Å²) in [5, 5.41) is 3.74. The summed E-state index contributed by atoms with van der Waals surface area (Å²) in [5.41, 5.74) is 7.24. The van der Waals surface area contributed by atoms with Gasteiger partial charge in [-0.1, -0.05) is 30.3 Å². The van der Waals surface area contributed by atoms with Crippen molar-refractivity contribution in [3.63, 3.8) is 0 Å². The van der Waals surface area contributed by atoms with E-state index in [1.165, 1.54) is 25.1 Å². The molecule has 0 bridgehead atoms. The average Bonchev–Trinajstić information content (AvgIpc) is 2.76. The van der Waals surface area contributed by atoms with Crippen molar-refractivity contribution in [2.24, 2.45) is 5.73 Å². The number of benzene rings is 1. The predicted molar refractivity (Wildman–Crippen MR) is 74.3 cm³/mol. The van der Waals surface area contributed by atoms with Gasteiger partial charge in [0.1, 0.15) is 0 Å². The van der Waals surface area contributed by atoms with Gasteiger partial charge in [-0.3, -0.25) is 4.90 Å². The lowest BCUT2D eigenvalue weighted by atomic mass is 9.87. The highest BCUT2D eigenvalue weighted by molar-refractivity contribution is 5.14. The van der Waals surface area contributed by atoms with E-state index in [0.29, 0.717) is 18.1 Å². The highest BCUT2D eigenvalue weighted by Crippen LogP contribution is 2.21. The van der Waals surface area contributed by atoms with Gasteiger partial charge in [-0.05, 0) is 24.8 Å². The maximum absolute atomic E-state index is 5.82. The molecule has 3 rings (SSSR count). The van der Waals surface area contributed by atoms with E-state index in [9.17, 15) is 0 Å². The van der Waals surface area contributed by atoms with Gasteiger partial charge in [0.05, 0.1) is 0 Å². The summed E-state index contributed by atoms with van der Waals surface area (Å²) in [6.45, 7) is 3.48. The molecule has 1 aromatic rings. The zero-order valence-corrected chi connectivity index (χ0v) is 10.9. The molecule has 3 heteroatoms. The summed E-state index contributed by atoms with van der Waals surface area (Å²) >= 11 is 0. The Hall–Kier alpha value is -0.900. The number of likely N-dealkylation sites (tertiary alicyclic amines) is 1. The second-order valence-electron chi connectivity index (χ2n) is 5.80. The first kappa shape index (κ1) is 12.2. The largest absolute Gasteiger partial charge is 0.328 e. The van der Waals surface area contributed by atoms with E-state index in [1.54, 1.807) is 0 Å². The minimum atomic E-state index is 0.448. The van der Waals surface area contributed by atoms with E-state index in [2.05, 4.69) is 40.5 Å². The van der Waals surface area contributed by atoms with Crippen LogP contribution in [-0.2, 0) is 6.54 Å². The smallest absolute Gasteiger partial charge is 0.0234 e. The Balaban J connectivity index is 1.44. The molecule has 0 aromatic heterocycles. The molecule has 1 unspecified atom stereocenters. The summed E-state index contributed by atoms with van der Waals surface area (Å²) in [6.07, 6.45) is 3.60. The summed E-state index contributed by atoms with van der Waals surface area (Å²) in [7, 11) is 0. The summed E-state index contributed by atoms with van der Waals surface area (Å²) < 4.78 is 0. The second-order valence-corrected chi connectivity index (χ2v) is 5.80. The highest BCUT2D eigenvalue weighted by Gasteiger charge is 2.30. The first-order valence-corrected chi connectivity index (χ1v) is 7.07. The van der Waals surface area contributed by atoms with Crippen LogP contribution in [0.25, 0.3) is 0 Å². The normalized spacial score (nSPS) is 32.4. The number of hydrogen-bond acceptors (Lipinski definition) is 3. The minimum absolute atomic E-state index is 0.448. The fourth-order valence-electron chi connectivity index (χ4n) is 3.09. The molecule has 1 saturated heterocycles. The quantitative estimate of drug-likeness (QED) is 0.841. The Morgan fingerprint density at radius 2 is 1.94 bits per heavy atom. The number of rotatable bonds is 4. The van der Waals surface area contributed by atoms with Gasteiger partial charge < -0.3 is 11.1 Å². The Bertz CT molecular complexity index is 373. The third-order valence-electron chi connectivity index (χ3n) is 4.17. The summed E-state index contributed by atoms with van der Waals surface area (Å²) in [4.78, 5) is 2.55. The van der Waals surface area contributed by atoms with Gasteiger partial charge in [-0.15, -0.1) is 0 Å². The van der Waals surface area contributed by atoms with Crippen molar-refractivity contribution >= 4 is 0 Å². The van der Waals surface area contributed by atoms with Gasteiger partial charge in [0.2, 0.25) is 0 Å². The molecular formula is C15H23N3. The van der Waals surface area contributed by atoms with Gasteiger partial charge in [0.15, 0.2) is 0 Å². The van der Waals surface area contributed by atoms with Crippen molar-refractivity contribution in [3.05, 3.63) is 35.9 Å². The molecule has 1 aliphatic heterocycles. The fraction of sp³-hybridized carbons (Fsp3) is 0.600. The molecule has 1 heterocycles. The van der Waals surface area contributed by atoms with Crippen LogP contribution in [0, 0.1) is 0 Å².